The Bertz CT molecular complexity index is 2510. The molecule has 0 amide bonds. The van der Waals surface area contributed by atoms with E-state index in [1.807, 2.05) is 0 Å². The molecule has 14 atom stereocenters. The summed E-state index contributed by atoms with van der Waals surface area (Å²) in [6.45, 7) is 6.51. The van der Waals surface area contributed by atoms with Crippen LogP contribution in [0.25, 0.3) is 0 Å². The van der Waals surface area contributed by atoms with Crippen molar-refractivity contribution in [1.29, 1.82) is 0 Å². The normalized spacial score (nSPS) is 45.3. The number of carbonyl (C=O) groups is 2. The fourth-order valence-corrected chi connectivity index (χ4v) is 21.3. The van der Waals surface area contributed by atoms with E-state index in [1.54, 1.807) is 22.4 Å². The van der Waals surface area contributed by atoms with Crippen molar-refractivity contribution in [2.75, 3.05) is 26.2 Å². The van der Waals surface area contributed by atoms with Gasteiger partial charge in [-0.15, -0.1) is 0 Å². The number of benzene rings is 1. The van der Waals surface area contributed by atoms with Crippen LogP contribution in [0.4, 0.5) is 0 Å². The minimum atomic E-state index is -1.12. The molecule has 0 radical (unpaired) electrons. The van der Waals surface area contributed by atoms with E-state index >= 15 is 9.59 Å². The molecular formula is C60H77N3O5. The first kappa shape index (κ1) is 42.3. The molecule has 8 aliphatic carbocycles. The quantitative estimate of drug-likeness (QED) is 0.215. The first-order valence-electron chi connectivity index (χ1n) is 28.6. The van der Waals surface area contributed by atoms with Crippen molar-refractivity contribution >= 4 is 11.9 Å². The van der Waals surface area contributed by atoms with Gasteiger partial charge < -0.3 is 25.2 Å². The molecule has 7 fully saturated rings. The summed E-state index contributed by atoms with van der Waals surface area (Å²) < 4.78 is 14.6. The van der Waals surface area contributed by atoms with Gasteiger partial charge in [0.15, 0.2) is 11.4 Å². The van der Waals surface area contributed by atoms with Crippen LogP contribution in [0, 0.1) is 69.5 Å². The van der Waals surface area contributed by atoms with Crippen molar-refractivity contribution in [3.63, 3.8) is 0 Å². The highest BCUT2D eigenvalue weighted by Gasteiger charge is 2.94. The molecule has 4 saturated carbocycles. The number of esters is 2. The Kier molecular flexibility index (Phi) is 9.25. The second-order valence-corrected chi connectivity index (χ2v) is 26.0. The highest BCUT2D eigenvalue weighted by atomic mass is 16.6. The summed E-state index contributed by atoms with van der Waals surface area (Å²) in [6, 6.07) is 7.19. The van der Waals surface area contributed by atoms with Crippen molar-refractivity contribution in [2.45, 2.75) is 179 Å². The van der Waals surface area contributed by atoms with E-state index in [2.05, 4.69) is 41.0 Å². The van der Waals surface area contributed by atoms with Crippen LogP contribution in [0.1, 0.15) is 176 Å². The molecule has 0 aromatic heterocycles. The maximum atomic E-state index is 16.5. The molecular weight excluding hydrogens is 843 g/mol. The van der Waals surface area contributed by atoms with Crippen LogP contribution < -0.4 is 5.73 Å². The van der Waals surface area contributed by atoms with Crippen LogP contribution in [-0.4, -0.2) is 65.1 Å². The third-order valence-electron chi connectivity index (χ3n) is 23.6. The summed E-state index contributed by atoms with van der Waals surface area (Å²) >= 11 is 0. The smallest absolute Gasteiger partial charge is 0.339 e. The lowest BCUT2D eigenvalue weighted by Gasteiger charge is -2.74. The minimum absolute atomic E-state index is 0.134. The molecule has 68 heavy (non-hydrogen) atoms. The van der Waals surface area contributed by atoms with E-state index in [-0.39, 0.29) is 41.0 Å². The summed E-state index contributed by atoms with van der Waals surface area (Å²) in [5.74, 6) is 3.90. The van der Waals surface area contributed by atoms with E-state index in [0.29, 0.717) is 84.6 Å². The van der Waals surface area contributed by atoms with E-state index in [9.17, 15) is 5.11 Å². The zero-order chi connectivity index (χ0) is 45.5. The predicted molar refractivity (Wildman–Crippen MR) is 261 cm³/mol. The fourth-order valence-electron chi connectivity index (χ4n) is 21.3. The molecule has 8 nitrogen and oxygen atoms in total. The van der Waals surface area contributed by atoms with Crippen molar-refractivity contribution < 1.29 is 24.2 Å². The Balaban J connectivity index is 1.03. The van der Waals surface area contributed by atoms with Crippen LogP contribution in [0.2, 0.25) is 0 Å². The third kappa shape index (κ3) is 5.12. The summed E-state index contributed by atoms with van der Waals surface area (Å²) in [7, 11) is 0. The number of hydrogen-bond donors (Lipinski definition) is 2. The molecule has 3 N–H and O–H groups in total. The van der Waals surface area contributed by atoms with Gasteiger partial charge in [0.05, 0.1) is 11.0 Å². The molecule has 18 rings (SSSR count). The van der Waals surface area contributed by atoms with Gasteiger partial charge in [-0.05, 0) is 155 Å². The maximum absolute atomic E-state index is 16.5. The molecule has 3 saturated heterocycles. The first-order valence-corrected chi connectivity index (χ1v) is 28.6. The van der Waals surface area contributed by atoms with Crippen LogP contribution >= 0.6 is 0 Å². The van der Waals surface area contributed by atoms with E-state index in [4.69, 9.17) is 15.2 Å². The highest BCUT2D eigenvalue weighted by Crippen LogP contribution is 2.89. The van der Waals surface area contributed by atoms with E-state index in [0.717, 1.165) is 69.3 Å². The van der Waals surface area contributed by atoms with Crippen LogP contribution in [0.5, 0.6) is 0 Å². The van der Waals surface area contributed by atoms with Gasteiger partial charge in [0, 0.05) is 67.2 Å². The number of piperidine rings is 2. The molecule has 14 unspecified atom stereocenters. The van der Waals surface area contributed by atoms with E-state index in [1.165, 1.54) is 102 Å². The van der Waals surface area contributed by atoms with Gasteiger partial charge in [0.2, 0.25) is 0 Å². The van der Waals surface area contributed by atoms with Crippen LogP contribution in [-0.2, 0) is 26.3 Å². The van der Waals surface area contributed by atoms with Gasteiger partial charge in [-0.3, -0.25) is 9.69 Å². The van der Waals surface area contributed by atoms with Crippen molar-refractivity contribution in [3.8, 4) is 0 Å². The lowest BCUT2D eigenvalue weighted by molar-refractivity contribution is -0.284. The molecule has 4 spiro atoms. The van der Waals surface area contributed by atoms with Gasteiger partial charge in [-0.25, -0.2) is 4.79 Å². The van der Waals surface area contributed by atoms with E-state index < -0.39 is 16.4 Å². The number of aryl methyl sites for hydroxylation is 1. The molecule has 8 heteroatoms. The minimum Gasteiger partial charge on any atom is -0.509 e. The molecule has 1 aromatic rings. The number of ether oxygens (including phenoxy) is 2. The second-order valence-electron chi connectivity index (χ2n) is 26.0. The van der Waals surface area contributed by atoms with Crippen LogP contribution in [0.15, 0.2) is 63.8 Å². The number of rotatable bonds is 6. The number of nitrogens with two attached hydrogens (primary N) is 1. The molecule has 1 aromatic carbocycles. The Hall–Kier alpha value is -3.36. The van der Waals surface area contributed by atoms with Gasteiger partial charge >= 0.3 is 11.9 Å². The van der Waals surface area contributed by atoms with Gasteiger partial charge in [-0.2, -0.15) is 0 Å². The van der Waals surface area contributed by atoms with Gasteiger partial charge in [0.25, 0.3) is 0 Å². The number of aliphatic hydroxyl groups excluding tert-OH is 1. The van der Waals surface area contributed by atoms with Crippen molar-refractivity contribution in [3.05, 3.63) is 80.5 Å². The lowest BCUT2D eigenvalue weighted by atomic mass is 9.26. The van der Waals surface area contributed by atoms with Crippen LogP contribution in [0.3, 0.4) is 0 Å². The second kappa shape index (κ2) is 14.9. The lowest BCUT2D eigenvalue weighted by Crippen LogP contribution is -2.78. The monoisotopic (exact) mass is 920 g/mol. The molecule has 17 aliphatic rings. The average molecular weight is 920 g/mol. The molecule has 9 heterocycles. The Morgan fingerprint density at radius 3 is 2.57 bits per heavy atom. The first-order chi connectivity index (χ1) is 33.2. The standard InChI is InChI=1S/C60H77N3O5/c1-34-24-40-17-18-47-42-25-36-31-62(33-42)43(26-35-10-4-2-5-11-35)29-48(64)54-58-22-20-44-51-45-30-57(34,52(44)53(40)63(47)32-36)21-19-39(45)27-41(37-12-6-3-7-13-37)28-49(59(51,58)56(66)67-54)60(58)46-16-8-14-38(15-9-23-61)50(46)55(65)68-60/h8,14,16,27,34-37,41-43,45,47,49,52,64H,2-7,9-13,15,17-26,28-33,61H2,1H3. The summed E-state index contributed by atoms with van der Waals surface area (Å²) in [5, 5.41) is 13.5. The number of nitrogens with zero attached hydrogens (tertiary/aromatic N) is 2. The Morgan fingerprint density at radius 2 is 1.74 bits per heavy atom. The molecule has 9 aliphatic heterocycles. The number of carbonyl (C=O) groups excluding carboxylic acids is 2. The van der Waals surface area contributed by atoms with Gasteiger partial charge in [-0.1, -0.05) is 99.3 Å². The zero-order valence-electron chi connectivity index (χ0n) is 41.0. The number of aliphatic hydroxyl groups is 1. The summed E-state index contributed by atoms with van der Waals surface area (Å²) in [4.78, 5) is 37.6. The zero-order valence-corrected chi connectivity index (χ0v) is 41.0. The Morgan fingerprint density at radius 1 is 0.897 bits per heavy atom. The third-order valence-corrected chi connectivity index (χ3v) is 23.6. The number of hydrogen-bond acceptors (Lipinski definition) is 8. The van der Waals surface area contributed by atoms with Crippen molar-refractivity contribution in [2.24, 2.45) is 75.2 Å². The fraction of sp³-hybridized carbons (Fsp3) is 0.733. The average Bonchev–Trinajstić information content (AvgIpc) is 3.81. The number of allylic oxidation sites excluding steroid dienone is 4. The number of fused-ring (bicyclic) bond motifs is 3. The summed E-state index contributed by atoms with van der Waals surface area (Å²) in [6.07, 6.45) is 29.4. The largest absolute Gasteiger partial charge is 0.509 e. The van der Waals surface area contributed by atoms with Gasteiger partial charge in [0.1, 0.15) is 11.2 Å². The molecule has 14 bridgehead atoms. The highest BCUT2D eigenvalue weighted by molar-refractivity contribution is 6.00. The topological polar surface area (TPSA) is 105 Å². The Labute approximate surface area is 405 Å². The maximum Gasteiger partial charge on any atom is 0.339 e. The summed E-state index contributed by atoms with van der Waals surface area (Å²) in [5.41, 5.74) is 13.9. The molecule has 362 valence electrons. The SMILES string of the molecule is CC1CC2=C3C4C5=C6C7CC14CCC7=CC(C1CCCCC1)CC1C64C(=O)OC(=C(O)CC(CC6CCCCC6)N6CC7CC(C6)C(CC2)N3C7)C4(CC5)C12OC(=O)c1c(CCCN)cccc12. The van der Waals surface area contributed by atoms with Crippen molar-refractivity contribution in [1.82, 2.24) is 9.80 Å². The predicted octanol–water partition coefficient (Wildman–Crippen LogP) is 11.4.